The number of fused-ring (bicyclic) bond motifs is 1. The van der Waals surface area contributed by atoms with Gasteiger partial charge in [-0.3, -0.25) is 4.90 Å². The van der Waals surface area contributed by atoms with Crippen LogP contribution in [0.15, 0.2) is 28.7 Å². The Balaban J connectivity index is 2.43. The lowest BCUT2D eigenvalue weighted by Gasteiger charge is -2.42. The molecule has 1 aromatic heterocycles. The molecule has 2 aromatic rings. The van der Waals surface area contributed by atoms with Crippen LogP contribution < -0.4 is 5.32 Å². The Morgan fingerprint density at radius 1 is 1.24 bits per heavy atom. The Hall–Kier alpha value is -1.39. The number of hydrogen-bond acceptors (Lipinski definition) is 3. The van der Waals surface area contributed by atoms with Crippen LogP contribution in [0.4, 0.5) is 4.39 Å². The van der Waals surface area contributed by atoms with Gasteiger partial charge in [0.1, 0.15) is 17.2 Å². The van der Waals surface area contributed by atoms with E-state index in [1.165, 1.54) is 12.1 Å². The summed E-state index contributed by atoms with van der Waals surface area (Å²) >= 11 is 0. The van der Waals surface area contributed by atoms with Crippen molar-refractivity contribution in [1.29, 1.82) is 0 Å². The predicted octanol–water partition coefficient (Wildman–Crippen LogP) is 3.95. The fraction of sp³-hybridized carbons (Fsp3) is 0.529. The fourth-order valence-electron chi connectivity index (χ4n) is 3.24. The minimum atomic E-state index is -0.237. The topological polar surface area (TPSA) is 28.4 Å². The van der Waals surface area contributed by atoms with Crippen LogP contribution in [0.25, 0.3) is 11.0 Å². The van der Waals surface area contributed by atoms with Crippen molar-refractivity contribution in [3.63, 3.8) is 0 Å². The Kier molecular flexibility index (Phi) is 4.69. The molecule has 0 aliphatic rings. The van der Waals surface area contributed by atoms with Crippen LogP contribution in [-0.4, -0.2) is 30.6 Å². The summed E-state index contributed by atoms with van der Waals surface area (Å²) in [4.78, 5) is 2.39. The first-order valence-electron chi connectivity index (χ1n) is 7.55. The molecule has 0 spiro atoms. The number of nitrogens with one attached hydrogen (secondary N) is 1. The van der Waals surface area contributed by atoms with Crippen LogP contribution in [0, 0.1) is 5.82 Å². The molecule has 1 heterocycles. The summed E-state index contributed by atoms with van der Waals surface area (Å²) in [6.45, 7) is 10.7. The zero-order valence-corrected chi connectivity index (χ0v) is 13.5. The quantitative estimate of drug-likeness (QED) is 0.873. The van der Waals surface area contributed by atoms with Gasteiger partial charge in [-0.25, -0.2) is 4.39 Å². The number of hydrogen-bond donors (Lipinski definition) is 1. The lowest BCUT2D eigenvalue weighted by atomic mass is 9.90. The first kappa shape index (κ1) is 16.0. The Bertz CT molecular complexity index is 602. The van der Waals surface area contributed by atoms with Crippen molar-refractivity contribution in [1.82, 2.24) is 10.2 Å². The van der Waals surface area contributed by atoms with Crippen LogP contribution in [0.5, 0.6) is 0 Å². The van der Waals surface area contributed by atoms with E-state index in [2.05, 4.69) is 37.9 Å². The molecule has 0 radical (unpaired) electrons. The molecule has 0 aliphatic carbocycles. The highest BCUT2D eigenvalue weighted by Crippen LogP contribution is 2.34. The van der Waals surface area contributed by atoms with Gasteiger partial charge < -0.3 is 9.73 Å². The van der Waals surface area contributed by atoms with Crippen molar-refractivity contribution in [2.24, 2.45) is 0 Å². The van der Waals surface area contributed by atoms with Gasteiger partial charge in [-0.05, 0) is 58.3 Å². The molecule has 0 saturated carbocycles. The van der Waals surface area contributed by atoms with Gasteiger partial charge in [0.25, 0.3) is 0 Å². The maximum absolute atomic E-state index is 13.3. The van der Waals surface area contributed by atoms with E-state index in [0.29, 0.717) is 0 Å². The van der Waals surface area contributed by atoms with Gasteiger partial charge in [-0.1, -0.05) is 13.8 Å². The van der Waals surface area contributed by atoms with Gasteiger partial charge >= 0.3 is 0 Å². The third-order valence-electron chi connectivity index (χ3n) is 4.36. The molecule has 1 unspecified atom stereocenters. The minimum absolute atomic E-state index is 0.0351. The standard InChI is InChI=1S/C17H25FN2O/c1-6-20(7-2)17(3,4)16(19-5)15-11-12-10-13(18)8-9-14(12)21-15/h8-11,16,19H,6-7H2,1-5H3. The zero-order chi connectivity index (χ0) is 15.6. The molecule has 0 aliphatic heterocycles. The first-order valence-corrected chi connectivity index (χ1v) is 7.55. The largest absolute Gasteiger partial charge is 0.459 e. The molecule has 0 saturated heterocycles. The maximum atomic E-state index is 13.3. The van der Waals surface area contributed by atoms with Crippen molar-refractivity contribution in [2.75, 3.05) is 20.1 Å². The summed E-state index contributed by atoms with van der Waals surface area (Å²) in [5, 5.41) is 4.16. The van der Waals surface area contributed by atoms with E-state index in [1.807, 2.05) is 13.1 Å². The average Bonchev–Trinajstić information content (AvgIpc) is 2.82. The second-order valence-corrected chi connectivity index (χ2v) is 5.88. The highest BCUT2D eigenvalue weighted by Gasteiger charge is 2.36. The molecule has 1 N–H and O–H groups in total. The first-order chi connectivity index (χ1) is 9.93. The van der Waals surface area contributed by atoms with Crippen LogP contribution in [0.3, 0.4) is 0 Å². The lowest BCUT2D eigenvalue weighted by molar-refractivity contribution is 0.0861. The molecule has 2 rings (SSSR count). The van der Waals surface area contributed by atoms with Crippen molar-refractivity contribution in [3.05, 3.63) is 35.8 Å². The van der Waals surface area contributed by atoms with Crippen molar-refractivity contribution in [3.8, 4) is 0 Å². The second-order valence-electron chi connectivity index (χ2n) is 5.88. The molecule has 1 atom stereocenters. The fourth-order valence-corrected chi connectivity index (χ4v) is 3.24. The summed E-state index contributed by atoms with van der Waals surface area (Å²) in [7, 11) is 1.93. The van der Waals surface area contributed by atoms with E-state index in [4.69, 9.17) is 4.42 Å². The molecular weight excluding hydrogens is 267 g/mol. The molecule has 3 nitrogen and oxygen atoms in total. The SMILES string of the molecule is CCN(CC)C(C)(C)C(NC)c1cc2cc(F)ccc2o1. The lowest BCUT2D eigenvalue weighted by Crippen LogP contribution is -2.51. The molecule has 1 aromatic carbocycles. The van der Waals surface area contributed by atoms with Crippen LogP contribution in [0.2, 0.25) is 0 Å². The van der Waals surface area contributed by atoms with E-state index in [9.17, 15) is 4.39 Å². The number of furan rings is 1. The number of rotatable bonds is 6. The predicted molar refractivity (Wildman–Crippen MR) is 85.0 cm³/mol. The molecular formula is C17H25FN2O. The van der Waals surface area contributed by atoms with Gasteiger partial charge in [-0.15, -0.1) is 0 Å². The van der Waals surface area contributed by atoms with E-state index in [-0.39, 0.29) is 17.4 Å². The highest BCUT2D eigenvalue weighted by molar-refractivity contribution is 5.78. The monoisotopic (exact) mass is 292 g/mol. The van der Waals surface area contributed by atoms with Crippen molar-refractivity contribution < 1.29 is 8.81 Å². The molecule has 0 bridgehead atoms. The highest BCUT2D eigenvalue weighted by atomic mass is 19.1. The summed E-state index contributed by atoms with van der Waals surface area (Å²) in [6.07, 6.45) is 0. The maximum Gasteiger partial charge on any atom is 0.134 e. The third-order valence-corrected chi connectivity index (χ3v) is 4.36. The number of halogens is 1. The molecule has 116 valence electrons. The minimum Gasteiger partial charge on any atom is -0.459 e. The third kappa shape index (κ3) is 2.97. The van der Waals surface area contributed by atoms with Crippen LogP contribution in [0.1, 0.15) is 39.5 Å². The van der Waals surface area contributed by atoms with Crippen molar-refractivity contribution in [2.45, 2.75) is 39.3 Å². The summed E-state index contributed by atoms with van der Waals surface area (Å²) < 4.78 is 19.3. The Labute approximate surface area is 126 Å². The number of likely N-dealkylation sites (N-methyl/N-ethyl adjacent to an activating group) is 2. The second kappa shape index (κ2) is 6.16. The van der Waals surface area contributed by atoms with Gasteiger partial charge in [-0.2, -0.15) is 0 Å². The normalized spacial score (nSPS) is 14.0. The zero-order valence-electron chi connectivity index (χ0n) is 13.5. The van der Waals surface area contributed by atoms with Gasteiger partial charge in [0.05, 0.1) is 6.04 Å². The van der Waals surface area contributed by atoms with E-state index in [0.717, 1.165) is 29.8 Å². The molecule has 4 heteroatoms. The van der Waals surface area contributed by atoms with Crippen LogP contribution in [-0.2, 0) is 0 Å². The van der Waals surface area contributed by atoms with Gasteiger partial charge in [0.15, 0.2) is 0 Å². The summed E-state index contributed by atoms with van der Waals surface area (Å²) in [6, 6.07) is 6.60. The average molecular weight is 292 g/mol. The Morgan fingerprint density at radius 2 is 1.90 bits per heavy atom. The van der Waals surface area contributed by atoms with E-state index in [1.54, 1.807) is 6.07 Å². The van der Waals surface area contributed by atoms with E-state index >= 15 is 0 Å². The van der Waals surface area contributed by atoms with Gasteiger partial charge in [0.2, 0.25) is 0 Å². The van der Waals surface area contributed by atoms with E-state index < -0.39 is 0 Å². The molecule has 0 amide bonds. The number of benzene rings is 1. The summed E-state index contributed by atoms with van der Waals surface area (Å²) in [5.74, 6) is 0.605. The molecule has 21 heavy (non-hydrogen) atoms. The smallest absolute Gasteiger partial charge is 0.134 e. The number of nitrogens with zero attached hydrogens (tertiary/aromatic N) is 1. The molecule has 0 fully saturated rings. The van der Waals surface area contributed by atoms with Crippen LogP contribution >= 0.6 is 0 Å². The Morgan fingerprint density at radius 3 is 2.48 bits per heavy atom. The van der Waals surface area contributed by atoms with Gasteiger partial charge in [0, 0.05) is 10.9 Å². The van der Waals surface area contributed by atoms with Crippen molar-refractivity contribution >= 4 is 11.0 Å². The summed E-state index contributed by atoms with van der Waals surface area (Å²) in [5.41, 5.74) is 0.618.